The van der Waals surface area contributed by atoms with Crippen molar-refractivity contribution < 1.29 is 14.3 Å². The predicted octanol–water partition coefficient (Wildman–Crippen LogP) is 3.25. The summed E-state index contributed by atoms with van der Waals surface area (Å²) in [6.45, 7) is 2.36. The lowest BCUT2D eigenvalue weighted by atomic mass is 10.3. The number of nitrogens with zero attached hydrogens (tertiary/aromatic N) is 2. The molecule has 0 aliphatic rings. The molecule has 5 heteroatoms. The number of para-hydroxylation sites is 4. The monoisotopic (exact) mass is 294 g/mol. The number of carbonyl (C=O) groups excluding carboxylic acids is 1. The summed E-state index contributed by atoms with van der Waals surface area (Å²) in [6.07, 6.45) is 1.41. The van der Waals surface area contributed by atoms with Crippen LogP contribution in [0.2, 0.25) is 0 Å². The fourth-order valence-electron chi connectivity index (χ4n) is 2.02. The summed E-state index contributed by atoms with van der Waals surface area (Å²) in [5.74, 6) is 0.321. The van der Waals surface area contributed by atoms with Gasteiger partial charge in [-0.1, -0.05) is 24.3 Å². The third-order valence-electron chi connectivity index (χ3n) is 3.01. The summed E-state index contributed by atoms with van der Waals surface area (Å²) in [7, 11) is 0. The quantitative estimate of drug-likeness (QED) is 0.546. The molecule has 5 nitrogen and oxygen atoms in total. The number of ether oxygens (including phenoxy) is 2. The molecule has 110 valence electrons. The van der Waals surface area contributed by atoms with Crippen LogP contribution in [-0.4, -0.2) is 22.5 Å². The fourth-order valence-corrected chi connectivity index (χ4v) is 2.02. The van der Waals surface area contributed by atoms with Crippen LogP contribution >= 0.6 is 0 Å². The van der Waals surface area contributed by atoms with Crippen molar-refractivity contribution in [2.24, 2.45) is 0 Å². The first-order valence-electron chi connectivity index (χ1n) is 6.93. The molecule has 0 aliphatic carbocycles. The molecular formula is C17H14N2O3. The van der Waals surface area contributed by atoms with E-state index in [0.29, 0.717) is 23.6 Å². The maximum absolute atomic E-state index is 12.2. The van der Waals surface area contributed by atoms with E-state index < -0.39 is 5.97 Å². The van der Waals surface area contributed by atoms with Crippen LogP contribution < -0.4 is 9.47 Å². The van der Waals surface area contributed by atoms with Crippen LogP contribution in [0.25, 0.3) is 11.0 Å². The van der Waals surface area contributed by atoms with Crippen LogP contribution in [0.1, 0.15) is 17.4 Å². The molecule has 3 rings (SSSR count). The third kappa shape index (κ3) is 2.88. The lowest BCUT2D eigenvalue weighted by Crippen LogP contribution is -2.12. The highest BCUT2D eigenvalue weighted by Gasteiger charge is 2.14. The van der Waals surface area contributed by atoms with E-state index in [2.05, 4.69) is 9.97 Å². The fraction of sp³-hybridized carbons (Fsp3) is 0.118. The van der Waals surface area contributed by atoms with Crippen molar-refractivity contribution in [2.75, 3.05) is 6.61 Å². The molecule has 22 heavy (non-hydrogen) atoms. The molecule has 0 radical (unpaired) electrons. The Morgan fingerprint density at radius 2 is 1.68 bits per heavy atom. The minimum Gasteiger partial charge on any atom is -0.490 e. The molecule has 1 heterocycles. The number of hydrogen-bond acceptors (Lipinski definition) is 5. The largest absolute Gasteiger partial charge is 0.490 e. The molecule has 0 amide bonds. The lowest BCUT2D eigenvalue weighted by molar-refractivity contribution is 0.0722. The number of carbonyl (C=O) groups is 1. The van der Waals surface area contributed by atoms with Crippen molar-refractivity contribution in [3.8, 4) is 11.5 Å². The summed E-state index contributed by atoms with van der Waals surface area (Å²) >= 11 is 0. The van der Waals surface area contributed by atoms with Crippen molar-refractivity contribution >= 4 is 17.0 Å². The van der Waals surface area contributed by atoms with E-state index in [9.17, 15) is 4.79 Å². The van der Waals surface area contributed by atoms with Crippen molar-refractivity contribution in [3.05, 3.63) is 60.4 Å². The zero-order valence-electron chi connectivity index (χ0n) is 12.0. The van der Waals surface area contributed by atoms with Gasteiger partial charge in [0.1, 0.15) is 0 Å². The number of benzene rings is 2. The normalized spacial score (nSPS) is 10.4. The van der Waals surface area contributed by atoms with E-state index in [0.717, 1.165) is 5.52 Å². The molecule has 0 saturated carbocycles. The Morgan fingerprint density at radius 3 is 2.45 bits per heavy atom. The second-order valence-electron chi connectivity index (χ2n) is 4.51. The summed E-state index contributed by atoms with van der Waals surface area (Å²) in [4.78, 5) is 20.7. The summed E-state index contributed by atoms with van der Waals surface area (Å²) < 4.78 is 10.8. The first-order valence-corrected chi connectivity index (χ1v) is 6.93. The first kappa shape index (κ1) is 14.0. The predicted molar refractivity (Wildman–Crippen MR) is 82.1 cm³/mol. The smallest absolute Gasteiger partial charge is 0.364 e. The third-order valence-corrected chi connectivity index (χ3v) is 3.01. The second kappa shape index (κ2) is 6.22. The van der Waals surface area contributed by atoms with Crippen molar-refractivity contribution in [1.29, 1.82) is 0 Å². The SMILES string of the molecule is CCOc1ccccc1OC(=O)c1cnc2ccccc2n1. The van der Waals surface area contributed by atoms with Crippen molar-refractivity contribution in [2.45, 2.75) is 6.92 Å². The molecule has 0 saturated heterocycles. The van der Waals surface area contributed by atoms with Crippen LogP contribution in [0.3, 0.4) is 0 Å². The Hall–Kier alpha value is -2.95. The summed E-state index contributed by atoms with van der Waals surface area (Å²) in [5.41, 5.74) is 1.54. The van der Waals surface area contributed by atoms with Crippen molar-refractivity contribution in [1.82, 2.24) is 9.97 Å². The summed E-state index contributed by atoms with van der Waals surface area (Å²) in [5, 5.41) is 0. The molecular weight excluding hydrogens is 280 g/mol. The number of esters is 1. The second-order valence-corrected chi connectivity index (χ2v) is 4.51. The maximum Gasteiger partial charge on any atom is 0.364 e. The molecule has 2 aromatic carbocycles. The Labute approximate surface area is 127 Å². The van der Waals surface area contributed by atoms with Gasteiger partial charge in [0.2, 0.25) is 0 Å². The van der Waals surface area contributed by atoms with Gasteiger partial charge in [0, 0.05) is 0 Å². The topological polar surface area (TPSA) is 61.3 Å². The van der Waals surface area contributed by atoms with E-state index in [1.54, 1.807) is 24.3 Å². The van der Waals surface area contributed by atoms with Crippen LogP contribution in [0.5, 0.6) is 11.5 Å². The van der Waals surface area contributed by atoms with Crippen LogP contribution in [-0.2, 0) is 0 Å². The number of aromatic nitrogens is 2. The van der Waals surface area contributed by atoms with Gasteiger partial charge in [0.15, 0.2) is 17.2 Å². The number of hydrogen-bond donors (Lipinski definition) is 0. The molecule has 0 atom stereocenters. The Kier molecular flexibility index (Phi) is 3.96. The number of rotatable bonds is 4. The highest BCUT2D eigenvalue weighted by atomic mass is 16.6. The molecule has 0 spiro atoms. The zero-order chi connectivity index (χ0) is 15.4. The van der Waals surface area contributed by atoms with Gasteiger partial charge < -0.3 is 9.47 Å². The van der Waals surface area contributed by atoms with Gasteiger partial charge in [0.25, 0.3) is 0 Å². The molecule has 1 aromatic heterocycles. The Morgan fingerprint density at radius 1 is 1.00 bits per heavy atom. The van der Waals surface area contributed by atoms with Crippen LogP contribution in [0.4, 0.5) is 0 Å². The standard InChI is InChI=1S/C17H14N2O3/c1-2-21-15-9-5-6-10-16(15)22-17(20)14-11-18-12-7-3-4-8-13(12)19-14/h3-11H,2H2,1H3. The first-order chi connectivity index (χ1) is 10.8. The van der Waals surface area contributed by atoms with Gasteiger partial charge in [-0.2, -0.15) is 0 Å². The van der Waals surface area contributed by atoms with Gasteiger partial charge in [-0.3, -0.25) is 4.98 Å². The van der Waals surface area contributed by atoms with Crippen molar-refractivity contribution in [3.63, 3.8) is 0 Å². The van der Waals surface area contributed by atoms with Gasteiger partial charge >= 0.3 is 5.97 Å². The van der Waals surface area contributed by atoms with Gasteiger partial charge in [-0.05, 0) is 31.2 Å². The zero-order valence-corrected chi connectivity index (χ0v) is 12.0. The highest BCUT2D eigenvalue weighted by Crippen LogP contribution is 2.27. The van der Waals surface area contributed by atoms with E-state index in [1.807, 2.05) is 31.2 Å². The minimum absolute atomic E-state index is 0.157. The average molecular weight is 294 g/mol. The molecule has 0 fully saturated rings. The van der Waals surface area contributed by atoms with Crippen LogP contribution in [0, 0.1) is 0 Å². The minimum atomic E-state index is -0.564. The summed E-state index contributed by atoms with van der Waals surface area (Å²) in [6, 6.07) is 14.4. The van der Waals surface area contributed by atoms with E-state index in [4.69, 9.17) is 9.47 Å². The number of fused-ring (bicyclic) bond motifs is 1. The lowest BCUT2D eigenvalue weighted by Gasteiger charge is -2.09. The molecule has 0 aliphatic heterocycles. The van der Waals surface area contributed by atoms with Crippen LogP contribution in [0.15, 0.2) is 54.7 Å². The molecule has 0 bridgehead atoms. The Balaban J connectivity index is 1.87. The van der Waals surface area contributed by atoms with Gasteiger partial charge in [-0.25, -0.2) is 9.78 Å². The maximum atomic E-state index is 12.2. The molecule has 0 unspecified atom stereocenters. The van der Waals surface area contributed by atoms with E-state index in [-0.39, 0.29) is 5.69 Å². The van der Waals surface area contributed by atoms with Gasteiger partial charge in [0.05, 0.1) is 23.8 Å². The van der Waals surface area contributed by atoms with E-state index >= 15 is 0 Å². The highest BCUT2D eigenvalue weighted by molar-refractivity contribution is 5.91. The van der Waals surface area contributed by atoms with E-state index in [1.165, 1.54) is 6.20 Å². The molecule has 3 aromatic rings. The average Bonchev–Trinajstić information content (AvgIpc) is 2.56. The van der Waals surface area contributed by atoms with Gasteiger partial charge in [-0.15, -0.1) is 0 Å². The Bertz CT molecular complexity index is 818. The molecule has 0 N–H and O–H groups in total.